The minimum Gasteiger partial charge on any atom is -0.398 e. The van der Waals surface area contributed by atoms with Crippen LogP contribution in [0, 0.1) is 0 Å². The van der Waals surface area contributed by atoms with Gasteiger partial charge in [0.2, 0.25) is 0 Å². The standard InChI is InChI=1S/C9H12BrN/c1-2-3-7-4-5-8(10)6-9(7)11/h4-6H,2-3,11H2,1H3. The van der Waals surface area contributed by atoms with Crippen molar-refractivity contribution in [1.29, 1.82) is 0 Å². The van der Waals surface area contributed by atoms with E-state index in [9.17, 15) is 0 Å². The van der Waals surface area contributed by atoms with Crippen LogP contribution in [0.15, 0.2) is 22.7 Å². The van der Waals surface area contributed by atoms with Crippen LogP contribution in [0.1, 0.15) is 18.9 Å². The van der Waals surface area contributed by atoms with E-state index in [2.05, 4.69) is 28.9 Å². The maximum absolute atomic E-state index is 5.78. The summed E-state index contributed by atoms with van der Waals surface area (Å²) in [5.41, 5.74) is 7.91. The van der Waals surface area contributed by atoms with Gasteiger partial charge < -0.3 is 5.73 Å². The number of aryl methyl sites for hydroxylation is 1. The van der Waals surface area contributed by atoms with E-state index in [0.717, 1.165) is 23.0 Å². The predicted molar refractivity (Wildman–Crippen MR) is 52.5 cm³/mol. The normalized spacial score (nSPS) is 10.0. The van der Waals surface area contributed by atoms with E-state index in [4.69, 9.17) is 5.73 Å². The third-order valence-corrected chi connectivity index (χ3v) is 2.12. The average molecular weight is 214 g/mol. The van der Waals surface area contributed by atoms with Crippen LogP contribution in [0.3, 0.4) is 0 Å². The van der Waals surface area contributed by atoms with Gasteiger partial charge >= 0.3 is 0 Å². The highest BCUT2D eigenvalue weighted by Crippen LogP contribution is 2.19. The van der Waals surface area contributed by atoms with E-state index in [1.165, 1.54) is 5.56 Å². The fourth-order valence-electron chi connectivity index (χ4n) is 1.06. The van der Waals surface area contributed by atoms with E-state index in [-0.39, 0.29) is 0 Å². The van der Waals surface area contributed by atoms with Gasteiger partial charge in [0.25, 0.3) is 0 Å². The first-order valence-corrected chi connectivity index (χ1v) is 4.57. The van der Waals surface area contributed by atoms with Crippen LogP contribution in [0.2, 0.25) is 0 Å². The summed E-state index contributed by atoms with van der Waals surface area (Å²) in [4.78, 5) is 0. The van der Waals surface area contributed by atoms with E-state index in [1.54, 1.807) is 0 Å². The summed E-state index contributed by atoms with van der Waals surface area (Å²) in [5, 5.41) is 0. The van der Waals surface area contributed by atoms with Gasteiger partial charge in [-0.1, -0.05) is 35.3 Å². The molecule has 1 rings (SSSR count). The topological polar surface area (TPSA) is 26.0 Å². The Morgan fingerprint density at radius 2 is 2.18 bits per heavy atom. The molecule has 60 valence electrons. The second-order valence-electron chi connectivity index (χ2n) is 2.59. The minimum atomic E-state index is 0.890. The molecule has 0 unspecified atom stereocenters. The van der Waals surface area contributed by atoms with E-state index >= 15 is 0 Å². The lowest BCUT2D eigenvalue weighted by Crippen LogP contribution is -1.93. The number of nitrogens with two attached hydrogens (primary N) is 1. The van der Waals surface area contributed by atoms with Gasteiger partial charge in [-0.2, -0.15) is 0 Å². The molecule has 0 fully saturated rings. The molecular formula is C9H12BrN. The molecule has 1 nitrogen and oxygen atoms in total. The first-order chi connectivity index (χ1) is 5.24. The molecule has 0 atom stereocenters. The Balaban J connectivity index is 2.90. The van der Waals surface area contributed by atoms with Crippen LogP contribution in [-0.2, 0) is 6.42 Å². The number of anilines is 1. The van der Waals surface area contributed by atoms with Crippen LogP contribution in [0.4, 0.5) is 5.69 Å². The van der Waals surface area contributed by atoms with Crippen LogP contribution < -0.4 is 5.73 Å². The molecule has 0 bridgehead atoms. The monoisotopic (exact) mass is 213 g/mol. The molecule has 1 aromatic carbocycles. The molecule has 0 amide bonds. The number of benzene rings is 1. The van der Waals surface area contributed by atoms with Gasteiger partial charge in [0.15, 0.2) is 0 Å². The summed E-state index contributed by atoms with van der Waals surface area (Å²) in [5.74, 6) is 0. The number of nitrogen functional groups attached to an aromatic ring is 1. The zero-order valence-corrected chi connectivity index (χ0v) is 8.19. The van der Waals surface area contributed by atoms with Crippen molar-refractivity contribution in [3.05, 3.63) is 28.2 Å². The van der Waals surface area contributed by atoms with E-state index in [0.29, 0.717) is 0 Å². The summed E-state index contributed by atoms with van der Waals surface area (Å²) < 4.78 is 1.05. The average Bonchev–Trinajstić information content (AvgIpc) is 1.95. The molecule has 0 saturated carbocycles. The summed E-state index contributed by atoms with van der Waals surface area (Å²) in [6.07, 6.45) is 2.21. The number of hydrogen-bond donors (Lipinski definition) is 1. The Labute approximate surface area is 75.7 Å². The van der Waals surface area contributed by atoms with Gasteiger partial charge in [-0.3, -0.25) is 0 Å². The van der Waals surface area contributed by atoms with Crippen LogP contribution in [-0.4, -0.2) is 0 Å². The Kier molecular flexibility index (Phi) is 2.94. The van der Waals surface area contributed by atoms with Crippen molar-refractivity contribution in [2.75, 3.05) is 5.73 Å². The molecule has 0 aliphatic heterocycles. The van der Waals surface area contributed by atoms with Crippen molar-refractivity contribution in [3.63, 3.8) is 0 Å². The van der Waals surface area contributed by atoms with Crippen molar-refractivity contribution in [2.24, 2.45) is 0 Å². The van der Waals surface area contributed by atoms with E-state index in [1.807, 2.05) is 12.1 Å². The first kappa shape index (κ1) is 8.60. The van der Waals surface area contributed by atoms with Gasteiger partial charge in [0.05, 0.1) is 0 Å². The van der Waals surface area contributed by atoms with Crippen molar-refractivity contribution < 1.29 is 0 Å². The van der Waals surface area contributed by atoms with Crippen molar-refractivity contribution >= 4 is 21.6 Å². The lowest BCUT2D eigenvalue weighted by atomic mass is 10.1. The van der Waals surface area contributed by atoms with Gasteiger partial charge in [-0.05, 0) is 24.1 Å². The van der Waals surface area contributed by atoms with Gasteiger partial charge in [0, 0.05) is 10.2 Å². The summed E-state index contributed by atoms with van der Waals surface area (Å²) in [6.45, 7) is 2.15. The van der Waals surface area contributed by atoms with Crippen LogP contribution >= 0.6 is 15.9 Å². The molecular weight excluding hydrogens is 202 g/mol. The zero-order chi connectivity index (χ0) is 8.27. The van der Waals surface area contributed by atoms with Gasteiger partial charge in [0.1, 0.15) is 0 Å². The molecule has 0 saturated heterocycles. The second kappa shape index (κ2) is 3.77. The lowest BCUT2D eigenvalue weighted by molar-refractivity contribution is 0.924. The fourth-order valence-corrected chi connectivity index (χ4v) is 1.44. The smallest absolute Gasteiger partial charge is 0.0357 e. The Morgan fingerprint density at radius 3 is 2.73 bits per heavy atom. The summed E-state index contributed by atoms with van der Waals surface area (Å²) in [6, 6.07) is 6.05. The lowest BCUT2D eigenvalue weighted by Gasteiger charge is -2.03. The third-order valence-electron chi connectivity index (χ3n) is 1.63. The van der Waals surface area contributed by atoms with Crippen LogP contribution in [0.25, 0.3) is 0 Å². The number of rotatable bonds is 2. The third kappa shape index (κ3) is 2.22. The summed E-state index contributed by atoms with van der Waals surface area (Å²) >= 11 is 3.37. The maximum Gasteiger partial charge on any atom is 0.0357 e. The molecule has 11 heavy (non-hydrogen) atoms. The van der Waals surface area contributed by atoms with Crippen molar-refractivity contribution in [2.45, 2.75) is 19.8 Å². The van der Waals surface area contributed by atoms with Crippen LogP contribution in [0.5, 0.6) is 0 Å². The minimum absolute atomic E-state index is 0.890. The Hall–Kier alpha value is -0.500. The fraction of sp³-hybridized carbons (Fsp3) is 0.333. The zero-order valence-electron chi connectivity index (χ0n) is 6.60. The largest absolute Gasteiger partial charge is 0.398 e. The first-order valence-electron chi connectivity index (χ1n) is 3.78. The molecule has 0 aliphatic rings. The van der Waals surface area contributed by atoms with Gasteiger partial charge in [-0.15, -0.1) is 0 Å². The molecule has 0 radical (unpaired) electrons. The SMILES string of the molecule is CCCc1ccc(Br)cc1N. The highest BCUT2D eigenvalue weighted by molar-refractivity contribution is 9.10. The molecule has 0 spiro atoms. The molecule has 0 aliphatic carbocycles. The Bertz CT molecular complexity index is 245. The van der Waals surface area contributed by atoms with Crippen molar-refractivity contribution in [1.82, 2.24) is 0 Å². The Morgan fingerprint density at radius 1 is 1.45 bits per heavy atom. The quantitative estimate of drug-likeness (QED) is 0.752. The molecule has 0 heterocycles. The number of hydrogen-bond acceptors (Lipinski definition) is 1. The maximum atomic E-state index is 5.78. The molecule has 1 aromatic rings. The molecule has 2 heteroatoms. The summed E-state index contributed by atoms with van der Waals surface area (Å²) in [7, 11) is 0. The highest BCUT2D eigenvalue weighted by Gasteiger charge is 1.96. The highest BCUT2D eigenvalue weighted by atomic mass is 79.9. The van der Waals surface area contributed by atoms with Crippen molar-refractivity contribution in [3.8, 4) is 0 Å². The molecule has 2 N–H and O–H groups in total. The van der Waals surface area contributed by atoms with Gasteiger partial charge in [-0.25, -0.2) is 0 Å². The predicted octanol–water partition coefficient (Wildman–Crippen LogP) is 2.98. The van der Waals surface area contributed by atoms with E-state index < -0.39 is 0 Å². The molecule has 0 aromatic heterocycles. The number of halogens is 1. The second-order valence-corrected chi connectivity index (χ2v) is 3.51.